The van der Waals surface area contributed by atoms with Gasteiger partial charge in [-0.2, -0.15) is 0 Å². The van der Waals surface area contributed by atoms with Gasteiger partial charge in [0.25, 0.3) is 0 Å². The van der Waals surface area contributed by atoms with E-state index in [9.17, 15) is 10.1 Å². The number of benzene rings is 1. The van der Waals surface area contributed by atoms with E-state index in [1.165, 1.54) is 6.07 Å². The van der Waals surface area contributed by atoms with Crippen molar-refractivity contribution in [1.82, 2.24) is 15.6 Å². The molecule has 3 rings (SSSR count). The lowest BCUT2D eigenvalue weighted by Gasteiger charge is -2.37. The predicted octanol–water partition coefficient (Wildman–Crippen LogP) is 1.32. The van der Waals surface area contributed by atoms with Crippen LogP contribution in [0.3, 0.4) is 0 Å². The topological polar surface area (TPSA) is 97.3 Å². The van der Waals surface area contributed by atoms with Crippen LogP contribution in [0.25, 0.3) is 11.0 Å². The van der Waals surface area contributed by atoms with E-state index in [4.69, 9.17) is 4.63 Å². The molecule has 20 heavy (non-hydrogen) atoms. The third kappa shape index (κ3) is 2.07. The van der Waals surface area contributed by atoms with E-state index in [2.05, 4.69) is 34.4 Å². The molecule has 106 valence electrons. The van der Waals surface area contributed by atoms with Gasteiger partial charge < -0.3 is 10.2 Å². The summed E-state index contributed by atoms with van der Waals surface area (Å²) >= 11 is 0. The number of aromatic nitrogens is 2. The van der Waals surface area contributed by atoms with Gasteiger partial charge in [0.1, 0.15) is 0 Å². The summed E-state index contributed by atoms with van der Waals surface area (Å²) < 4.78 is 4.69. The van der Waals surface area contributed by atoms with Gasteiger partial charge in [0.05, 0.1) is 10.6 Å². The number of nitro benzene ring substituents is 1. The van der Waals surface area contributed by atoms with Crippen LogP contribution < -0.4 is 10.2 Å². The summed E-state index contributed by atoms with van der Waals surface area (Å²) in [7, 11) is 0. The van der Waals surface area contributed by atoms with Gasteiger partial charge >= 0.3 is 5.69 Å². The van der Waals surface area contributed by atoms with Crippen molar-refractivity contribution in [3.63, 3.8) is 0 Å². The molecular weight excluding hydrogens is 262 g/mol. The van der Waals surface area contributed by atoms with Crippen molar-refractivity contribution in [3.8, 4) is 0 Å². The Bertz CT molecular complexity index is 646. The molecule has 2 aromatic rings. The second kappa shape index (κ2) is 4.71. The molecule has 1 aliphatic rings. The van der Waals surface area contributed by atoms with Gasteiger partial charge in [-0.25, -0.2) is 4.63 Å². The largest absolute Gasteiger partial charge is 0.367 e. The molecule has 2 atom stereocenters. The smallest absolute Gasteiger partial charge is 0.300 e. The van der Waals surface area contributed by atoms with Crippen LogP contribution in [0.15, 0.2) is 16.8 Å². The van der Waals surface area contributed by atoms with E-state index in [1.54, 1.807) is 6.07 Å². The second-order valence-electron chi connectivity index (χ2n) is 5.20. The van der Waals surface area contributed by atoms with Gasteiger partial charge in [0, 0.05) is 31.2 Å². The highest BCUT2D eigenvalue weighted by molar-refractivity contribution is 5.93. The van der Waals surface area contributed by atoms with Gasteiger partial charge in [-0.1, -0.05) is 0 Å². The third-order valence-corrected chi connectivity index (χ3v) is 3.47. The number of nitrogens with zero attached hydrogens (tertiary/aromatic N) is 4. The van der Waals surface area contributed by atoms with Crippen molar-refractivity contribution in [3.05, 3.63) is 22.2 Å². The van der Waals surface area contributed by atoms with Crippen LogP contribution in [0.5, 0.6) is 0 Å². The molecule has 1 saturated heterocycles. The average molecular weight is 277 g/mol. The Morgan fingerprint density at radius 3 is 2.60 bits per heavy atom. The summed E-state index contributed by atoms with van der Waals surface area (Å²) in [4.78, 5) is 12.7. The van der Waals surface area contributed by atoms with Crippen LogP contribution in [0.2, 0.25) is 0 Å². The van der Waals surface area contributed by atoms with Crippen molar-refractivity contribution >= 4 is 22.4 Å². The monoisotopic (exact) mass is 277 g/mol. The van der Waals surface area contributed by atoms with Gasteiger partial charge in [-0.15, -0.1) is 0 Å². The molecule has 0 radical (unpaired) electrons. The highest BCUT2D eigenvalue weighted by Crippen LogP contribution is 2.31. The standard InChI is InChI=1S/C12H15N5O3/c1-7-5-16(6-8(2)13-7)9-3-4-10(17(18)19)12-11(9)14-20-15-12/h3-4,7-8,13H,5-6H2,1-2H3. The lowest BCUT2D eigenvalue weighted by Crippen LogP contribution is -2.54. The number of hydrogen-bond donors (Lipinski definition) is 1. The molecule has 2 unspecified atom stereocenters. The number of piperazine rings is 1. The lowest BCUT2D eigenvalue weighted by atomic mass is 10.1. The lowest BCUT2D eigenvalue weighted by molar-refractivity contribution is -0.383. The first-order valence-electron chi connectivity index (χ1n) is 6.47. The number of rotatable bonds is 2. The zero-order valence-corrected chi connectivity index (χ0v) is 11.2. The summed E-state index contributed by atoms with van der Waals surface area (Å²) in [6, 6.07) is 3.85. The Kier molecular flexibility index (Phi) is 3.01. The molecule has 0 saturated carbocycles. The van der Waals surface area contributed by atoms with Crippen LogP contribution >= 0.6 is 0 Å². The van der Waals surface area contributed by atoms with Crippen LogP contribution in [0.4, 0.5) is 11.4 Å². The molecule has 0 spiro atoms. The molecule has 0 amide bonds. The molecule has 1 aliphatic heterocycles. The maximum atomic E-state index is 11.0. The van der Waals surface area contributed by atoms with Gasteiger partial charge in [0.2, 0.25) is 5.52 Å². The van der Waals surface area contributed by atoms with Crippen LogP contribution in [0.1, 0.15) is 13.8 Å². The highest BCUT2D eigenvalue weighted by Gasteiger charge is 2.26. The van der Waals surface area contributed by atoms with Crippen LogP contribution in [0, 0.1) is 10.1 Å². The minimum absolute atomic E-state index is 0.0822. The van der Waals surface area contributed by atoms with Crippen molar-refractivity contribution in [2.24, 2.45) is 0 Å². The minimum atomic E-state index is -0.473. The number of nitro groups is 1. The Morgan fingerprint density at radius 1 is 1.30 bits per heavy atom. The molecular formula is C12H15N5O3. The average Bonchev–Trinajstić information content (AvgIpc) is 2.84. The summed E-state index contributed by atoms with van der Waals surface area (Å²) in [6.07, 6.45) is 0. The first kappa shape index (κ1) is 12.8. The Balaban J connectivity index is 2.06. The SMILES string of the molecule is CC1CN(c2ccc([N+](=O)[O-])c3nonc23)CC(C)N1. The molecule has 2 heterocycles. The number of anilines is 1. The first-order chi connectivity index (χ1) is 9.56. The molecule has 1 N–H and O–H groups in total. The molecule has 8 heteroatoms. The first-order valence-corrected chi connectivity index (χ1v) is 6.47. The maximum Gasteiger partial charge on any atom is 0.300 e. The maximum absolute atomic E-state index is 11.0. The number of fused-ring (bicyclic) bond motifs is 1. The third-order valence-electron chi connectivity index (χ3n) is 3.47. The summed E-state index contributed by atoms with van der Waals surface area (Å²) in [5.74, 6) is 0. The fourth-order valence-electron chi connectivity index (χ4n) is 2.77. The van der Waals surface area contributed by atoms with Gasteiger partial charge in [-0.05, 0) is 30.2 Å². The van der Waals surface area contributed by atoms with Crippen LogP contribution in [-0.4, -0.2) is 40.4 Å². The normalized spacial score (nSPS) is 23.2. The Hall–Kier alpha value is -2.22. The second-order valence-corrected chi connectivity index (χ2v) is 5.20. The zero-order valence-electron chi connectivity index (χ0n) is 11.2. The van der Waals surface area contributed by atoms with E-state index in [1.807, 2.05) is 0 Å². The Morgan fingerprint density at radius 2 is 1.95 bits per heavy atom. The molecule has 8 nitrogen and oxygen atoms in total. The van der Waals surface area contributed by atoms with Gasteiger partial charge in [0.15, 0.2) is 5.52 Å². The van der Waals surface area contributed by atoms with E-state index in [-0.39, 0.29) is 11.2 Å². The zero-order chi connectivity index (χ0) is 14.3. The quantitative estimate of drug-likeness (QED) is 0.653. The summed E-state index contributed by atoms with van der Waals surface area (Å²) in [6.45, 7) is 5.83. The molecule has 1 aromatic carbocycles. The van der Waals surface area contributed by atoms with Crippen molar-refractivity contribution < 1.29 is 9.55 Å². The predicted molar refractivity (Wildman–Crippen MR) is 72.7 cm³/mol. The van der Waals surface area contributed by atoms with Crippen molar-refractivity contribution in [2.45, 2.75) is 25.9 Å². The minimum Gasteiger partial charge on any atom is -0.367 e. The van der Waals surface area contributed by atoms with E-state index >= 15 is 0 Å². The number of nitrogens with one attached hydrogen (secondary N) is 1. The van der Waals surface area contributed by atoms with Crippen molar-refractivity contribution in [1.29, 1.82) is 0 Å². The van der Waals surface area contributed by atoms with Crippen molar-refractivity contribution in [2.75, 3.05) is 18.0 Å². The fraction of sp³-hybridized carbons (Fsp3) is 0.500. The fourth-order valence-corrected chi connectivity index (χ4v) is 2.77. The molecule has 1 aromatic heterocycles. The highest BCUT2D eigenvalue weighted by atomic mass is 16.6. The summed E-state index contributed by atoms with van der Waals surface area (Å²) in [5.41, 5.74) is 1.39. The van der Waals surface area contributed by atoms with Gasteiger partial charge in [-0.3, -0.25) is 10.1 Å². The molecule has 1 fully saturated rings. The van der Waals surface area contributed by atoms with Crippen LogP contribution in [-0.2, 0) is 0 Å². The van der Waals surface area contributed by atoms with E-state index < -0.39 is 4.92 Å². The van der Waals surface area contributed by atoms with E-state index in [0.29, 0.717) is 17.6 Å². The summed E-state index contributed by atoms with van der Waals surface area (Å²) in [5, 5.41) is 21.9. The number of non-ortho nitro benzene ring substituents is 1. The Labute approximate surface area is 114 Å². The number of hydrogen-bond acceptors (Lipinski definition) is 7. The molecule has 0 bridgehead atoms. The van der Waals surface area contributed by atoms with E-state index in [0.717, 1.165) is 18.8 Å². The molecule has 0 aliphatic carbocycles.